The first-order valence-corrected chi connectivity index (χ1v) is 8.53. The van der Waals surface area contributed by atoms with Gasteiger partial charge in [0, 0.05) is 30.1 Å². The summed E-state index contributed by atoms with van der Waals surface area (Å²) < 4.78 is 5.57. The largest absolute Gasteiger partial charge is 0.461 e. The number of likely N-dealkylation sites (tertiary alicyclic amines) is 1. The molecule has 0 spiro atoms. The van der Waals surface area contributed by atoms with Crippen LogP contribution < -0.4 is 5.32 Å². The molecule has 2 aromatic heterocycles. The number of hydrogen-bond donors (Lipinski definition) is 2. The highest BCUT2D eigenvalue weighted by molar-refractivity contribution is 5.92. The molecular weight excluding hydrogens is 318 g/mol. The Morgan fingerprint density at radius 1 is 1.36 bits per heavy atom. The lowest BCUT2D eigenvalue weighted by Crippen LogP contribution is -2.41. The molecule has 1 fully saturated rings. The summed E-state index contributed by atoms with van der Waals surface area (Å²) in [6.45, 7) is 5.18. The van der Waals surface area contributed by atoms with Crippen LogP contribution in [0.3, 0.4) is 0 Å². The van der Waals surface area contributed by atoms with Crippen molar-refractivity contribution in [1.29, 1.82) is 0 Å². The molecule has 130 valence electrons. The van der Waals surface area contributed by atoms with Gasteiger partial charge in [-0.25, -0.2) is 9.78 Å². The van der Waals surface area contributed by atoms with E-state index in [1.165, 1.54) is 0 Å². The number of amides is 2. The number of fused-ring (bicyclic) bond motifs is 1. The predicted octanol–water partition coefficient (Wildman–Crippen LogP) is 3.58. The smallest absolute Gasteiger partial charge is 0.321 e. The first kappa shape index (κ1) is 15.7. The van der Waals surface area contributed by atoms with Gasteiger partial charge in [-0.3, -0.25) is 5.10 Å². The van der Waals surface area contributed by atoms with E-state index in [9.17, 15) is 4.79 Å². The quantitative estimate of drug-likeness (QED) is 0.747. The molecule has 7 heteroatoms. The highest BCUT2D eigenvalue weighted by Gasteiger charge is 2.27. The maximum absolute atomic E-state index is 12.6. The highest BCUT2D eigenvalue weighted by Crippen LogP contribution is 2.26. The van der Waals surface area contributed by atoms with Gasteiger partial charge in [-0.15, -0.1) is 0 Å². The molecule has 3 aromatic rings. The highest BCUT2D eigenvalue weighted by atomic mass is 16.3. The average Bonchev–Trinajstić information content (AvgIpc) is 3.19. The topological polar surface area (TPSA) is 87.1 Å². The molecule has 0 bridgehead atoms. The number of nitrogens with zero attached hydrogens (tertiary/aromatic N) is 3. The van der Waals surface area contributed by atoms with Crippen molar-refractivity contribution >= 4 is 22.7 Å². The standard InChI is InChI=1S/C18H21N5O2/c1-11-8-14-9-15(5-6-16(14)25-11)20-18(24)23-7-3-4-13(10-23)17-19-12(2)21-22-17/h5-6,8-9,13H,3-4,7,10H2,1-2H3,(H,20,24)(H,19,21,22)/t13-/m1/s1. The zero-order valence-electron chi connectivity index (χ0n) is 14.4. The zero-order chi connectivity index (χ0) is 17.4. The Labute approximate surface area is 145 Å². The van der Waals surface area contributed by atoms with Crippen LogP contribution in [0.4, 0.5) is 10.5 Å². The van der Waals surface area contributed by atoms with E-state index in [1.807, 2.05) is 43.0 Å². The number of aromatic nitrogens is 3. The van der Waals surface area contributed by atoms with Gasteiger partial charge in [0.15, 0.2) is 5.82 Å². The molecule has 0 saturated carbocycles. The van der Waals surface area contributed by atoms with Crippen molar-refractivity contribution in [2.24, 2.45) is 0 Å². The molecule has 0 radical (unpaired) electrons. The monoisotopic (exact) mass is 339 g/mol. The van der Waals surface area contributed by atoms with Crippen LogP contribution >= 0.6 is 0 Å². The second-order valence-corrected chi connectivity index (χ2v) is 6.60. The number of rotatable bonds is 2. The summed E-state index contributed by atoms with van der Waals surface area (Å²) in [6.07, 6.45) is 1.95. The van der Waals surface area contributed by atoms with Crippen LogP contribution in [-0.2, 0) is 0 Å². The molecule has 0 unspecified atom stereocenters. The molecule has 4 rings (SSSR count). The Morgan fingerprint density at radius 2 is 2.24 bits per heavy atom. The first-order valence-electron chi connectivity index (χ1n) is 8.53. The van der Waals surface area contributed by atoms with E-state index in [-0.39, 0.29) is 11.9 Å². The summed E-state index contributed by atoms with van der Waals surface area (Å²) in [7, 11) is 0. The number of aryl methyl sites for hydroxylation is 2. The Hall–Kier alpha value is -2.83. The minimum Gasteiger partial charge on any atom is -0.461 e. The molecular formula is C18H21N5O2. The van der Waals surface area contributed by atoms with Gasteiger partial charge in [-0.1, -0.05) is 0 Å². The van der Waals surface area contributed by atoms with Crippen molar-refractivity contribution in [3.8, 4) is 0 Å². The van der Waals surface area contributed by atoms with E-state index in [0.717, 1.165) is 53.5 Å². The van der Waals surface area contributed by atoms with Gasteiger partial charge in [0.2, 0.25) is 0 Å². The van der Waals surface area contributed by atoms with Crippen LogP contribution in [0, 0.1) is 13.8 Å². The molecule has 0 aliphatic carbocycles. The Morgan fingerprint density at radius 3 is 3.04 bits per heavy atom. The molecule has 1 atom stereocenters. The molecule has 1 aliphatic rings. The van der Waals surface area contributed by atoms with Gasteiger partial charge in [0.1, 0.15) is 17.2 Å². The van der Waals surface area contributed by atoms with Crippen LogP contribution in [0.5, 0.6) is 0 Å². The van der Waals surface area contributed by atoms with Gasteiger partial charge in [-0.05, 0) is 51.0 Å². The number of aromatic amines is 1. The van der Waals surface area contributed by atoms with Crippen molar-refractivity contribution in [1.82, 2.24) is 20.1 Å². The molecule has 1 aromatic carbocycles. The lowest BCUT2D eigenvalue weighted by molar-refractivity contribution is 0.191. The fourth-order valence-corrected chi connectivity index (χ4v) is 3.37. The Bertz CT molecular complexity index is 913. The van der Waals surface area contributed by atoms with E-state index >= 15 is 0 Å². The van der Waals surface area contributed by atoms with Gasteiger partial charge in [0.25, 0.3) is 0 Å². The summed E-state index contributed by atoms with van der Waals surface area (Å²) in [5, 5.41) is 11.1. The lowest BCUT2D eigenvalue weighted by atomic mass is 9.98. The maximum atomic E-state index is 12.6. The number of anilines is 1. The van der Waals surface area contributed by atoms with E-state index in [4.69, 9.17) is 4.42 Å². The molecule has 2 N–H and O–H groups in total. The summed E-state index contributed by atoms with van der Waals surface area (Å²) in [6, 6.07) is 7.56. The number of nitrogens with one attached hydrogen (secondary N) is 2. The normalized spacial score (nSPS) is 17.8. The second-order valence-electron chi connectivity index (χ2n) is 6.60. The number of urea groups is 1. The maximum Gasteiger partial charge on any atom is 0.321 e. The fraction of sp³-hybridized carbons (Fsp3) is 0.389. The first-order chi connectivity index (χ1) is 12.1. The van der Waals surface area contributed by atoms with Crippen LogP contribution in [0.2, 0.25) is 0 Å². The number of carbonyl (C=O) groups excluding carboxylic acids is 1. The fourth-order valence-electron chi connectivity index (χ4n) is 3.37. The molecule has 3 heterocycles. The van der Waals surface area contributed by atoms with Crippen LogP contribution in [-0.4, -0.2) is 39.2 Å². The minimum atomic E-state index is -0.0866. The number of piperidine rings is 1. The van der Waals surface area contributed by atoms with Crippen molar-refractivity contribution in [3.05, 3.63) is 41.7 Å². The summed E-state index contributed by atoms with van der Waals surface area (Å²) in [4.78, 5) is 18.9. The third kappa shape index (κ3) is 3.22. The van der Waals surface area contributed by atoms with Crippen molar-refractivity contribution in [2.75, 3.05) is 18.4 Å². The van der Waals surface area contributed by atoms with Crippen LogP contribution in [0.15, 0.2) is 28.7 Å². The summed E-state index contributed by atoms with van der Waals surface area (Å²) in [5.41, 5.74) is 1.60. The predicted molar refractivity (Wildman–Crippen MR) is 94.6 cm³/mol. The van der Waals surface area contributed by atoms with Crippen molar-refractivity contribution < 1.29 is 9.21 Å². The van der Waals surface area contributed by atoms with Crippen LogP contribution in [0.25, 0.3) is 11.0 Å². The number of H-pyrrole nitrogens is 1. The third-order valence-electron chi connectivity index (χ3n) is 4.58. The van der Waals surface area contributed by atoms with E-state index < -0.39 is 0 Å². The molecule has 1 saturated heterocycles. The van der Waals surface area contributed by atoms with E-state index in [2.05, 4.69) is 20.5 Å². The lowest BCUT2D eigenvalue weighted by Gasteiger charge is -2.31. The van der Waals surface area contributed by atoms with E-state index in [0.29, 0.717) is 6.54 Å². The SMILES string of the molecule is Cc1nc([C@@H]2CCCN(C(=O)Nc3ccc4oc(C)cc4c3)C2)n[nH]1. The van der Waals surface area contributed by atoms with Crippen molar-refractivity contribution in [2.45, 2.75) is 32.6 Å². The van der Waals surface area contributed by atoms with Gasteiger partial charge in [-0.2, -0.15) is 5.10 Å². The second kappa shape index (κ2) is 6.23. The van der Waals surface area contributed by atoms with Gasteiger partial charge < -0.3 is 14.6 Å². The summed E-state index contributed by atoms with van der Waals surface area (Å²) >= 11 is 0. The van der Waals surface area contributed by atoms with E-state index in [1.54, 1.807) is 0 Å². The molecule has 7 nitrogen and oxygen atoms in total. The molecule has 25 heavy (non-hydrogen) atoms. The van der Waals surface area contributed by atoms with Crippen LogP contribution in [0.1, 0.15) is 36.2 Å². The Kier molecular flexibility index (Phi) is 3.91. The zero-order valence-corrected chi connectivity index (χ0v) is 14.4. The van der Waals surface area contributed by atoms with Gasteiger partial charge in [0.05, 0.1) is 0 Å². The van der Waals surface area contributed by atoms with Crippen molar-refractivity contribution in [3.63, 3.8) is 0 Å². The number of hydrogen-bond acceptors (Lipinski definition) is 4. The minimum absolute atomic E-state index is 0.0866. The average molecular weight is 339 g/mol. The number of benzene rings is 1. The third-order valence-corrected chi connectivity index (χ3v) is 4.58. The molecule has 1 aliphatic heterocycles. The summed E-state index contributed by atoms with van der Waals surface area (Å²) in [5.74, 6) is 2.65. The van der Waals surface area contributed by atoms with Gasteiger partial charge >= 0.3 is 6.03 Å². The number of furan rings is 1. The Balaban J connectivity index is 1.45. The number of carbonyl (C=O) groups is 1. The molecule has 2 amide bonds.